The number of ether oxygens (including phenoxy) is 1. The van der Waals surface area contributed by atoms with E-state index in [4.69, 9.17) is 9.84 Å². The summed E-state index contributed by atoms with van der Waals surface area (Å²) in [6.07, 6.45) is -2.19. The fourth-order valence-corrected chi connectivity index (χ4v) is 3.60. The van der Waals surface area contributed by atoms with Crippen LogP contribution >= 0.6 is 10.9 Å². The van der Waals surface area contributed by atoms with Gasteiger partial charge in [0.15, 0.2) is 0 Å². The number of aliphatic hydroxyl groups is 3. The monoisotopic (exact) mass is 263 g/mol. The molecule has 2 aliphatic rings. The molecule has 4 N–H and O–H groups in total. The fraction of sp³-hybridized carbons (Fsp3) is 0.556. The standard InChI is InChI=1S/C9H13NO6S/c11-3-4-6(13)7(14)8(16-4)17-2-1-5(12)10-9(17)15/h1-2,4,6-8,11,13-14,17H,3H2,(H,10,12,15)/t4-,6-,7-,8+/m1/s1. The average molecular weight is 263 g/mol. The first kappa shape index (κ1) is 12.5. The van der Waals surface area contributed by atoms with Crippen molar-refractivity contribution in [2.45, 2.75) is 23.7 Å². The first-order valence-corrected chi connectivity index (χ1v) is 6.46. The van der Waals surface area contributed by atoms with E-state index in [9.17, 15) is 19.8 Å². The maximum atomic E-state index is 11.5. The quantitative estimate of drug-likeness (QED) is 0.375. The minimum atomic E-state index is -1.55. The average Bonchev–Trinajstić information content (AvgIpc) is 2.57. The van der Waals surface area contributed by atoms with Crippen molar-refractivity contribution in [2.75, 3.05) is 6.61 Å². The van der Waals surface area contributed by atoms with Gasteiger partial charge in [0.2, 0.25) is 0 Å². The number of hydrogen-bond acceptors (Lipinski definition) is 6. The molecule has 0 saturated carbocycles. The van der Waals surface area contributed by atoms with E-state index < -0.39 is 52.4 Å². The fourth-order valence-electron chi connectivity index (χ4n) is 1.74. The second kappa shape index (κ2) is 4.75. The van der Waals surface area contributed by atoms with Crippen LogP contribution in [-0.2, 0) is 9.53 Å². The summed E-state index contributed by atoms with van der Waals surface area (Å²) in [5.41, 5.74) is -0.901. The highest BCUT2D eigenvalue weighted by atomic mass is 32.2. The molecule has 0 aromatic carbocycles. The summed E-state index contributed by atoms with van der Waals surface area (Å²) in [7, 11) is -1.55. The smallest absolute Gasteiger partial charge is 0.271 e. The molecule has 8 heteroatoms. The lowest BCUT2D eigenvalue weighted by atomic mass is 10.2. The minimum absolute atomic E-state index is 0.442. The molecule has 5 atom stereocenters. The van der Waals surface area contributed by atoms with Crippen molar-refractivity contribution < 1.29 is 29.6 Å². The molecule has 0 spiro atoms. The molecule has 7 nitrogen and oxygen atoms in total. The van der Waals surface area contributed by atoms with Gasteiger partial charge in [-0.3, -0.25) is 14.9 Å². The zero-order valence-corrected chi connectivity index (χ0v) is 9.58. The second-order valence-corrected chi connectivity index (χ2v) is 5.77. The Labute approximate surface area is 99.4 Å². The van der Waals surface area contributed by atoms with E-state index in [2.05, 4.69) is 5.32 Å². The van der Waals surface area contributed by atoms with E-state index in [1.165, 1.54) is 11.5 Å². The van der Waals surface area contributed by atoms with Crippen LogP contribution < -0.4 is 5.32 Å². The number of imide groups is 1. The van der Waals surface area contributed by atoms with E-state index in [1.54, 1.807) is 0 Å². The molecule has 1 saturated heterocycles. The highest BCUT2D eigenvalue weighted by molar-refractivity contribution is 8.32. The summed E-state index contributed by atoms with van der Waals surface area (Å²) >= 11 is 0. The molecular formula is C9H13NO6S. The van der Waals surface area contributed by atoms with E-state index in [0.717, 1.165) is 0 Å². The van der Waals surface area contributed by atoms with Crippen LogP contribution in [0.1, 0.15) is 0 Å². The van der Waals surface area contributed by atoms with Gasteiger partial charge in [0.25, 0.3) is 11.1 Å². The molecule has 0 aromatic rings. The summed E-state index contributed by atoms with van der Waals surface area (Å²) < 4.78 is 5.24. The Morgan fingerprint density at radius 2 is 2.06 bits per heavy atom. The predicted molar refractivity (Wildman–Crippen MR) is 59.4 cm³/mol. The molecule has 0 radical (unpaired) electrons. The molecule has 0 aliphatic carbocycles. The number of amides is 2. The van der Waals surface area contributed by atoms with Crippen molar-refractivity contribution in [1.82, 2.24) is 5.32 Å². The van der Waals surface area contributed by atoms with E-state index >= 15 is 0 Å². The maximum Gasteiger partial charge on any atom is 0.271 e. The van der Waals surface area contributed by atoms with Gasteiger partial charge in [-0.25, -0.2) is 0 Å². The van der Waals surface area contributed by atoms with Gasteiger partial charge < -0.3 is 20.1 Å². The van der Waals surface area contributed by atoms with E-state index in [0.29, 0.717) is 0 Å². The van der Waals surface area contributed by atoms with Gasteiger partial charge in [0, 0.05) is 6.08 Å². The van der Waals surface area contributed by atoms with Gasteiger partial charge in [0.05, 0.1) is 6.61 Å². The molecule has 0 aromatic heterocycles. The number of hydrogen-bond donors (Lipinski definition) is 5. The molecule has 96 valence electrons. The maximum absolute atomic E-state index is 11.5. The Hall–Kier alpha value is -0.930. The Morgan fingerprint density at radius 3 is 2.59 bits per heavy atom. The van der Waals surface area contributed by atoms with Crippen LogP contribution in [0.15, 0.2) is 11.5 Å². The van der Waals surface area contributed by atoms with Crippen LogP contribution in [0, 0.1) is 0 Å². The third-order valence-electron chi connectivity index (χ3n) is 2.64. The van der Waals surface area contributed by atoms with E-state index in [1.807, 2.05) is 0 Å². The third-order valence-corrected chi connectivity index (χ3v) is 4.67. The SMILES string of the molecule is O=C1C=C[SH]([C@@H]2O[C@H](CO)[C@@H](O)[C@H]2O)C(=O)N1. The van der Waals surface area contributed by atoms with Crippen molar-refractivity contribution in [3.63, 3.8) is 0 Å². The zero-order chi connectivity index (χ0) is 12.6. The summed E-state index contributed by atoms with van der Waals surface area (Å²) in [6, 6.07) is 0. The van der Waals surface area contributed by atoms with Crippen LogP contribution in [0.3, 0.4) is 0 Å². The van der Waals surface area contributed by atoms with Gasteiger partial charge in [0.1, 0.15) is 23.7 Å². The number of carbonyl (C=O) groups is 2. The minimum Gasteiger partial charge on any atom is -0.394 e. The summed E-state index contributed by atoms with van der Waals surface area (Å²) in [6.45, 7) is -0.442. The van der Waals surface area contributed by atoms with Gasteiger partial charge in [-0.05, 0) is 5.41 Å². The van der Waals surface area contributed by atoms with Crippen molar-refractivity contribution in [3.05, 3.63) is 11.5 Å². The molecule has 2 amide bonds. The topological polar surface area (TPSA) is 116 Å². The molecule has 2 rings (SSSR count). The van der Waals surface area contributed by atoms with Gasteiger partial charge in [-0.1, -0.05) is 0 Å². The van der Waals surface area contributed by atoms with Crippen molar-refractivity contribution in [2.24, 2.45) is 0 Å². The van der Waals surface area contributed by atoms with Gasteiger partial charge in [-0.15, -0.1) is 10.9 Å². The van der Waals surface area contributed by atoms with Crippen LogP contribution in [0.5, 0.6) is 0 Å². The summed E-state index contributed by atoms with van der Waals surface area (Å²) in [5.74, 6) is -0.513. The van der Waals surface area contributed by atoms with Crippen LogP contribution in [-0.4, -0.2) is 56.8 Å². The number of aliphatic hydroxyl groups excluding tert-OH is 3. The number of thiol groups is 1. The summed E-state index contributed by atoms with van der Waals surface area (Å²) in [4.78, 5) is 22.4. The highest BCUT2D eigenvalue weighted by Gasteiger charge is 2.46. The first-order valence-electron chi connectivity index (χ1n) is 4.98. The molecular weight excluding hydrogens is 250 g/mol. The van der Waals surface area contributed by atoms with Crippen molar-refractivity contribution in [3.8, 4) is 0 Å². The van der Waals surface area contributed by atoms with Crippen LogP contribution in [0.25, 0.3) is 0 Å². The second-order valence-electron chi connectivity index (χ2n) is 3.75. The van der Waals surface area contributed by atoms with Crippen LogP contribution in [0.2, 0.25) is 0 Å². The Balaban J connectivity index is 2.16. The Morgan fingerprint density at radius 1 is 1.35 bits per heavy atom. The largest absolute Gasteiger partial charge is 0.394 e. The lowest BCUT2D eigenvalue weighted by molar-refractivity contribution is -0.115. The number of carbonyl (C=O) groups excluding carboxylic acids is 2. The molecule has 2 heterocycles. The van der Waals surface area contributed by atoms with Gasteiger partial charge in [-0.2, -0.15) is 0 Å². The van der Waals surface area contributed by atoms with Crippen molar-refractivity contribution >= 4 is 22.0 Å². The first-order chi connectivity index (χ1) is 8.04. The lowest BCUT2D eigenvalue weighted by Crippen LogP contribution is -2.38. The molecule has 1 fully saturated rings. The third kappa shape index (κ3) is 2.22. The molecule has 17 heavy (non-hydrogen) atoms. The molecule has 2 aliphatic heterocycles. The van der Waals surface area contributed by atoms with Gasteiger partial charge >= 0.3 is 0 Å². The predicted octanol–water partition coefficient (Wildman–Crippen LogP) is -1.81. The molecule has 0 bridgehead atoms. The summed E-state index contributed by atoms with van der Waals surface area (Å²) in [5, 5.41) is 31.2. The zero-order valence-electron chi connectivity index (χ0n) is 8.68. The Bertz CT molecular complexity index is 372. The van der Waals surface area contributed by atoms with Crippen LogP contribution in [0.4, 0.5) is 4.79 Å². The molecule has 1 unspecified atom stereocenters. The van der Waals surface area contributed by atoms with E-state index in [-0.39, 0.29) is 0 Å². The Kier molecular flexibility index (Phi) is 3.50. The normalized spacial score (nSPS) is 43.8. The van der Waals surface area contributed by atoms with Crippen molar-refractivity contribution in [1.29, 1.82) is 0 Å². The number of nitrogens with one attached hydrogen (secondary N) is 1. The lowest BCUT2D eigenvalue weighted by Gasteiger charge is -2.27. The number of rotatable bonds is 2. The highest BCUT2D eigenvalue weighted by Crippen LogP contribution is 2.43.